The van der Waals surface area contributed by atoms with Crippen LogP contribution in [0.3, 0.4) is 0 Å². The largest absolute Gasteiger partial charge is 0.462 e. The molecular weight excluding hydrogens is 275 g/mol. The summed E-state index contributed by atoms with van der Waals surface area (Å²) in [4.78, 5) is 23.5. The van der Waals surface area contributed by atoms with Crippen molar-refractivity contribution in [3.05, 3.63) is 35.1 Å². The zero-order chi connectivity index (χ0) is 16.0. The van der Waals surface area contributed by atoms with Gasteiger partial charge in [-0.05, 0) is 57.9 Å². The zero-order valence-electron chi connectivity index (χ0n) is 12.9. The molecule has 0 aliphatic rings. The van der Waals surface area contributed by atoms with E-state index in [0.717, 1.165) is 0 Å². The lowest BCUT2D eigenvalue weighted by Gasteiger charge is -2.19. The van der Waals surface area contributed by atoms with Crippen molar-refractivity contribution in [2.75, 3.05) is 6.61 Å². The van der Waals surface area contributed by atoms with Crippen LogP contribution in [0.5, 0.6) is 0 Å². The highest BCUT2D eigenvalue weighted by atomic mass is 19.1. The Morgan fingerprint density at radius 3 is 2.48 bits per heavy atom. The number of carbonyl (C=O) groups is 2. The van der Waals surface area contributed by atoms with Gasteiger partial charge in [-0.3, -0.25) is 4.79 Å². The van der Waals surface area contributed by atoms with E-state index < -0.39 is 17.4 Å². The Labute approximate surface area is 124 Å². The molecule has 0 N–H and O–H groups in total. The number of carbonyl (C=O) groups excluding carboxylic acids is 2. The van der Waals surface area contributed by atoms with E-state index in [1.807, 2.05) is 0 Å². The molecule has 0 spiro atoms. The number of ether oxygens (including phenoxy) is 2. The Hall–Kier alpha value is -1.91. The van der Waals surface area contributed by atoms with Gasteiger partial charge in [0, 0.05) is 6.42 Å². The summed E-state index contributed by atoms with van der Waals surface area (Å²) in [7, 11) is 0. The summed E-state index contributed by atoms with van der Waals surface area (Å²) >= 11 is 0. The van der Waals surface area contributed by atoms with E-state index in [1.165, 1.54) is 18.2 Å². The lowest BCUT2D eigenvalue weighted by atomic mass is 10.0. The predicted molar refractivity (Wildman–Crippen MR) is 76.5 cm³/mol. The van der Waals surface area contributed by atoms with Gasteiger partial charge in [-0.1, -0.05) is 0 Å². The van der Waals surface area contributed by atoms with Crippen LogP contribution in [0.4, 0.5) is 4.39 Å². The van der Waals surface area contributed by atoms with E-state index in [2.05, 4.69) is 0 Å². The Bertz CT molecular complexity index is 517. The fraction of sp³-hybridized carbons (Fsp3) is 0.500. The molecule has 0 unspecified atom stereocenters. The van der Waals surface area contributed by atoms with Gasteiger partial charge < -0.3 is 9.47 Å². The Morgan fingerprint density at radius 1 is 1.24 bits per heavy atom. The summed E-state index contributed by atoms with van der Waals surface area (Å²) in [6.45, 7) is 7.26. The summed E-state index contributed by atoms with van der Waals surface area (Å²) in [6.07, 6.45) is 0.300. The fourth-order valence-corrected chi connectivity index (χ4v) is 1.81. The SMILES string of the molecule is CCOC(=O)c1ccc(F)cc1CCC(=O)OC(C)(C)C. The van der Waals surface area contributed by atoms with Crippen molar-refractivity contribution in [3.63, 3.8) is 0 Å². The van der Waals surface area contributed by atoms with E-state index in [1.54, 1.807) is 27.7 Å². The molecule has 0 heterocycles. The lowest BCUT2D eigenvalue weighted by Crippen LogP contribution is -2.24. The number of halogens is 1. The maximum atomic E-state index is 13.3. The first kappa shape index (κ1) is 17.1. The van der Waals surface area contributed by atoms with Crippen LogP contribution in [-0.4, -0.2) is 24.1 Å². The van der Waals surface area contributed by atoms with Gasteiger partial charge in [0.15, 0.2) is 0 Å². The molecule has 0 amide bonds. The molecule has 4 nitrogen and oxygen atoms in total. The fourth-order valence-electron chi connectivity index (χ4n) is 1.81. The van der Waals surface area contributed by atoms with E-state index in [0.29, 0.717) is 5.56 Å². The molecule has 1 aromatic carbocycles. The molecule has 0 radical (unpaired) electrons. The van der Waals surface area contributed by atoms with Crippen LogP contribution in [0.2, 0.25) is 0 Å². The third-order valence-electron chi connectivity index (χ3n) is 2.58. The van der Waals surface area contributed by atoms with Crippen molar-refractivity contribution >= 4 is 11.9 Å². The number of hydrogen-bond donors (Lipinski definition) is 0. The summed E-state index contributed by atoms with van der Waals surface area (Å²) < 4.78 is 23.4. The zero-order valence-corrected chi connectivity index (χ0v) is 12.9. The second kappa shape index (κ2) is 7.20. The molecule has 0 aromatic heterocycles. The molecular formula is C16H21FO4. The molecule has 0 aliphatic heterocycles. The van der Waals surface area contributed by atoms with E-state index >= 15 is 0 Å². The number of esters is 2. The van der Waals surface area contributed by atoms with Crippen LogP contribution >= 0.6 is 0 Å². The van der Waals surface area contributed by atoms with Gasteiger partial charge in [0.2, 0.25) is 0 Å². The minimum absolute atomic E-state index is 0.0765. The van der Waals surface area contributed by atoms with Gasteiger partial charge in [0.1, 0.15) is 11.4 Å². The average Bonchev–Trinajstić information content (AvgIpc) is 2.34. The lowest BCUT2D eigenvalue weighted by molar-refractivity contribution is -0.154. The molecule has 5 heteroatoms. The van der Waals surface area contributed by atoms with Gasteiger partial charge in [0.05, 0.1) is 12.2 Å². The van der Waals surface area contributed by atoms with E-state index in [9.17, 15) is 14.0 Å². The van der Waals surface area contributed by atoms with Gasteiger partial charge in [0.25, 0.3) is 0 Å². The van der Waals surface area contributed by atoms with Crippen molar-refractivity contribution < 1.29 is 23.5 Å². The summed E-state index contributed by atoms with van der Waals surface area (Å²) in [5.41, 5.74) is 0.157. The molecule has 0 aliphatic carbocycles. The van der Waals surface area contributed by atoms with Crippen molar-refractivity contribution in [3.8, 4) is 0 Å². The highest BCUT2D eigenvalue weighted by molar-refractivity contribution is 5.91. The van der Waals surface area contributed by atoms with Crippen LogP contribution < -0.4 is 0 Å². The summed E-state index contributed by atoms with van der Waals surface area (Å²) in [5, 5.41) is 0. The monoisotopic (exact) mass is 296 g/mol. The second-order valence-electron chi connectivity index (χ2n) is 5.61. The smallest absolute Gasteiger partial charge is 0.338 e. The minimum atomic E-state index is -0.566. The van der Waals surface area contributed by atoms with Crippen LogP contribution in [0, 0.1) is 5.82 Å². The first-order valence-electron chi connectivity index (χ1n) is 6.90. The third-order valence-corrected chi connectivity index (χ3v) is 2.58. The molecule has 21 heavy (non-hydrogen) atoms. The Kier molecular flexibility index (Phi) is 5.88. The molecule has 1 aromatic rings. The number of hydrogen-bond acceptors (Lipinski definition) is 4. The topological polar surface area (TPSA) is 52.6 Å². The first-order valence-corrected chi connectivity index (χ1v) is 6.90. The quantitative estimate of drug-likeness (QED) is 0.782. The maximum Gasteiger partial charge on any atom is 0.338 e. The van der Waals surface area contributed by atoms with Crippen LogP contribution in [0.25, 0.3) is 0 Å². The van der Waals surface area contributed by atoms with Crippen molar-refractivity contribution in [2.24, 2.45) is 0 Å². The second-order valence-corrected chi connectivity index (χ2v) is 5.61. The molecule has 0 atom stereocenters. The predicted octanol–water partition coefficient (Wildman–Crippen LogP) is 3.28. The van der Waals surface area contributed by atoms with E-state index in [-0.39, 0.29) is 31.0 Å². The summed E-state index contributed by atoms with van der Waals surface area (Å²) in [6, 6.07) is 3.82. The third kappa shape index (κ3) is 5.94. The van der Waals surface area contributed by atoms with E-state index in [4.69, 9.17) is 9.47 Å². The maximum absolute atomic E-state index is 13.3. The first-order chi connectivity index (χ1) is 9.73. The molecule has 116 valence electrons. The molecule has 0 fully saturated rings. The number of rotatable bonds is 5. The van der Waals surface area contributed by atoms with Crippen LogP contribution in [-0.2, 0) is 20.7 Å². The van der Waals surface area contributed by atoms with Crippen molar-refractivity contribution in [2.45, 2.75) is 46.1 Å². The van der Waals surface area contributed by atoms with Crippen LogP contribution in [0.1, 0.15) is 50.0 Å². The highest BCUT2D eigenvalue weighted by Gasteiger charge is 2.18. The van der Waals surface area contributed by atoms with Crippen LogP contribution in [0.15, 0.2) is 18.2 Å². The van der Waals surface area contributed by atoms with Gasteiger partial charge in [-0.15, -0.1) is 0 Å². The standard InChI is InChI=1S/C16H21FO4/c1-5-20-15(19)13-8-7-12(17)10-11(13)6-9-14(18)21-16(2,3)4/h7-8,10H,5-6,9H2,1-4H3. The number of aryl methyl sites for hydroxylation is 1. The molecule has 0 bridgehead atoms. The van der Waals surface area contributed by atoms with Gasteiger partial charge >= 0.3 is 11.9 Å². The molecule has 0 saturated carbocycles. The molecule has 0 saturated heterocycles. The van der Waals surface area contributed by atoms with Crippen molar-refractivity contribution in [1.29, 1.82) is 0 Å². The van der Waals surface area contributed by atoms with Crippen molar-refractivity contribution in [1.82, 2.24) is 0 Å². The van der Waals surface area contributed by atoms with Gasteiger partial charge in [-0.25, -0.2) is 9.18 Å². The highest BCUT2D eigenvalue weighted by Crippen LogP contribution is 2.16. The Balaban J connectivity index is 2.80. The molecule has 1 rings (SSSR count). The summed E-state index contributed by atoms with van der Waals surface area (Å²) in [5.74, 6) is -1.36. The minimum Gasteiger partial charge on any atom is -0.462 e. The normalized spacial score (nSPS) is 11.1. The number of benzene rings is 1. The average molecular weight is 296 g/mol. The Morgan fingerprint density at radius 2 is 1.90 bits per heavy atom. The van der Waals surface area contributed by atoms with Gasteiger partial charge in [-0.2, -0.15) is 0 Å².